The first kappa shape index (κ1) is 16.7. The molecular weight excluding hydrogens is 308 g/mol. The van der Waals surface area contributed by atoms with Crippen molar-refractivity contribution in [1.82, 2.24) is 9.21 Å². The van der Waals surface area contributed by atoms with Gasteiger partial charge >= 0.3 is 0 Å². The van der Waals surface area contributed by atoms with Crippen molar-refractivity contribution in [3.8, 4) is 0 Å². The van der Waals surface area contributed by atoms with Crippen LogP contribution in [0.5, 0.6) is 0 Å². The topological polar surface area (TPSA) is 40.6 Å². The summed E-state index contributed by atoms with van der Waals surface area (Å²) in [6.45, 7) is 6.98. The van der Waals surface area contributed by atoms with Crippen molar-refractivity contribution in [2.45, 2.75) is 43.6 Å². The first-order valence-electron chi connectivity index (χ1n) is 7.15. The van der Waals surface area contributed by atoms with Gasteiger partial charge in [-0.25, -0.2) is 8.42 Å². The number of piperazine rings is 1. The van der Waals surface area contributed by atoms with Gasteiger partial charge in [0.25, 0.3) is 0 Å². The zero-order valence-electron chi connectivity index (χ0n) is 13.0. The van der Waals surface area contributed by atoms with Crippen molar-refractivity contribution in [1.29, 1.82) is 0 Å². The van der Waals surface area contributed by atoms with Crippen LogP contribution in [0.2, 0.25) is 0 Å². The first-order valence-corrected chi connectivity index (χ1v) is 9.13. The molecule has 1 fully saturated rings. The zero-order valence-corrected chi connectivity index (χ0v) is 14.6. The quantitative estimate of drug-likeness (QED) is 0.799. The molecule has 2 atom stereocenters. The fourth-order valence-corrected chi connectivity index (χ4v) is 4.94. The van der Waals surface area contributed by atoms with E-state index in [1.54, 1.807) is 16.4 Å². The zero-order chi connectivity index (χ0) is 15.8. The molecule has 1 aromatic carbocycles. The second kappa shape index (κ2) is 6.24. The maximum Gasteiger partial charge on any atom is 0.243 e. The molecule has 21 heavy (non-hydrogen) atoms. The summed E-state index contributed by atoms with van der Waals surface area (Å²) in [5.41, 5.74) is 1.62. The van der Waals surface area contributed by atoms with Crippen LogP contribution in [-0.4, -0.2) is 49.8 Å². The number of benzene rings is 1. The van der Waals surface area contributed by atoms with Crippen molar-refractivity contribution in [2.75, 3.05) is 20.1 Å². The summed E-state index contributed by atoms with van der Waals surface area (Å²) >= 11 is 5.89. The number of sulfonamides is 1. The van der Waals surface area contributed by atoms with Crippen LogP contribution in [0.15, 0.2) is 23.1 Å². The van der Waals surface area contributed by atoms with Crippen LogP contribution < -0.4 is 0 Å². The molecule has 1 aliphatic rings. The molecule has 1 saturated heterocycles. The van der Waals surface area contributed by atoms with E-state index < -0.39 is 10.0 Å². The fraction of sp³-hybridized carbons (Fsp3) is 0.600. The number of halogens is 1. The summed E-state index contributed by atoms with van der Waals surface area (Å²) in [5.74, 6) is 0.324. The summed E-state index contributed by atoms with van der Waals surface area (Å²) < 4.78 is 27.5. The number of likely N-dealkylation sites (N-methyl/N-ethyl adjacent to an activating group) is 1. The Bertz CT molecular complexity index is 606. The molecule has 0 aromatic heterocycles. The van der Waals surface area contributed by atoms with Gasteiger partial charge in [0.2, 0.25) is 10.0 Å². The van der Waals surface area contributed by atoms with E-state index in [0.29, 0.717) is 23.9 Å². The monoisotopic (exact) mass is 330 g/mol. The van der Waals surface area contributed by atoms with Gasteiger partial charge in [0.1, 0.15) is 0 Å². The third-order valence-electron chi connectivity index (χ3n) is 4.48. The minimum absolute atomic E-state index is 0.208. The van der Waals surface area contributed by atoms with E-state index in [1.807, 2.05) is 20.0 Å². The van der Waals surface area contributed by atoms with Gasteiger partial charge in [-0.2, -0.15) is 4.31 Å². The lowest BCUT2D eigenvalue weighted by Crippen LogP contribution is -2.56. The Balaban J connectivity index is 2.39. The van der Waals surface area contributed by atoms with Crippen LogP contribution in [0.25, 0.3) is 0 Å². The summed E-state index contributed by atoms with van der Waals surface area (Å²) in [5, 5.41) is 0. The molecule has 1 heterocycles. The highest BCUT2D eigenvalue weighted by atomic mass is 35.5. The van der Waals surface area contributed by atoms with E-state index in [1.165, 1.54) is 0 Å². The maximum atomic E-state index is 12.9. The predicted molar refractivity (Wildman–Crippen MR) is 86.2 cm³/mol. The SMILES string of the molecule is Cc1c(CCl)cccc1S(=O)(=O)N1CC(C)N(C)C(C)C1. The van der Waals surface area contributed by atoms with E-state index in [9.17, 15) is 8.42 Å². The van der Waals surface area contributed by atoms with E-state index in [4.69, 9.17) is 11.6 Å². The van der Waals surface area contributed by atoms with Crippen molar-refractivity contribution in [2.24, 2.45) is 0 Å². The van der Waals surface area contributed by atoms with Gasteiger partial charge in [0.15, 0.2) is 0 Å². The van der Waals surface area contributed by atoms with Gasteiger partial charge in [-0.1, -0.05) is 12.1 Å². The molecule has 1 aliphatic heterocycles. The summed E-state index contributed by atoms with van der Waals surface area (Å²) in [6, 6.07) is 5.73. The highest BCUT2D eigenvalue weighted by Gasteiger charge is 2.35. The number of hydrogen-bond donors (Lipinski definition) is 0. The number of hydrogen-bond acceptors (Lipinski definition) is 3. The van der Waals surface area contributed by atoms with Gasteiger partial charge in [-0.05, 0) is 45.0 Å². The van der Waals surface area contributed by atoms with Crippen molar-refractivity contribution in [3.05, 3.63) is 29.3 Å². The van der Waals surface area contributed by atoms with E-state index in [-0.39, 0.29) is 12.1 Å². The largest absolute Gasteiger partial charge is 0.298 e. The van der Waals surface area contributed by atoms with Gasteiger partial charge in [0.05, 0.1) is 4.90 Å². The minimum atomic E-state index is -3.47. The van der Waals surface area contributed by atoms with Crippen LogP contribution in [0, 0.1) is 6.92 Å². The van der Waals surface area contributed by atoms with Crippen molar-refractivity contribution in [3.63, 3.8) is 0 Å². The molecule has 0 saturated carbocycles. The highest BCUT2D eigenvalue weighted by molar-refractivity contribution is 7.89. The van der Waals surface area contributed by atoms with Crippen LogP contribution in [0.1, 0.15) is 25.0 Å². The van der Waals surface area contributed by atoms with Crippen molar-refractivity contribution >= 4 is 21.6 Å². The molecule has 118 valence electrons. The Labute approximate surface area is 132 Å². The average molecular weight is 331 g/mol. The van der Waals surface area contributed by atoms with Gasteiger partial charge in [-0.3, -0.25) is 4.90 Å². The van der Waals surface area contributed by atoms with E-state index in [0.717, 1.165) is 11.1 Å². The molecule has 0 N–H and O–H groups in total. The Morgan fingerprint density at radius 1 is 1.24 bits per heavy atom. The minimum Gasteiger partial charge on any atom is -0.298 e. The molecule has 4 nitrogen and oxygen atoms in total. The van der Waals surface area contributed by atoms with Crippen LogP contribution >= 0.6 is 11.6 Å². The Morgan fingerprint density at radius 2 is 1.81 bits per heavy atom. The van der Waals surface area contributed by atoms with Crippen LogP contribution in [-0.2, 0) is 15.9 Å². The molecule has 1 aromatic rings. The summed E-state index contributed by atoms with van der Waals surface area (Å²) in [7, 11) is -1.43. The highest BCUT2D eigenvalue weighted by Crippen LogP contribution is 2.26. The second-order valence-corrected chi connectivity index (χ2v) is 8.03. The Morgan fingerprint density at radius 3 is 2.33 bits per heavy atom. The molecule has 0 radical (unpaired) electrons. The van der Waals surface area contributed by atoms with Crippen molar-refractivity contribution < 1.29 is 8.42 Å². The number of rotatable bonds is 3. The maximum absolute atomic E-state index is 12.9. The molecule has 0 bridgehead atoms. The third-order valence-corrected chi connectivity index (χ3v) is 6.75. The normalized spacial score (nSPS) is 25.2. The van der Waals surface area contributed by atoms with E-state index >= 15 is 0 Å². The molecule has 2 unspecified atom stereocenters. The lowest BCUT2D eigenvalue weighted by atomic mass is 10.1. The van der Waals surface area contributed by atoms with Crippen LogP contribution in [0.4, 0.5) is 0 Å². The lowest BCUT2D eigenvalue weighted by molar-refractivity contribution is 0.105. The Hall–Kier alpha value is -0.620. The summed E-state index contributed by atoms with van der Waals surface area (Å²) in [6.07, 6.45) is 0. The van der Waals surface area contributed by atoms with Gasteiger partial charge < -0.3 is 0 Å². The third kappa shape index (κ3) is 3.11. The average Bonchev–Trinajstić information content (AvgIpc) is 2.44. The molecular formula is C15H23ClN2O2S. The Kier molecular flexibility index (Phi) is 4.98. The van der Waals surface area contributed by atoms with Gasteiger partial charge in [0, 0.05) is 31.1 Å². The predicted octanol–water partition coefficient (Wildman–Crippen LogP) is 2.45. The summed E-state index contributed by atoms with van der Waals surface area (Å²) in [4.78, 5) is 2.60. The standard InChI is InChI=1S/C15H23ClN2O2S/c1-11-9-18(10-12(2)17(11)4)21(19,20)15-7-5-6-14(8-16)13(15)3/h5-7,11-12H,8-10H2,1-4H3. The second-order valence-electron chi connectivity index (χ2n) is 5.86. The van der Waals surface area contributed by atoms with Crippen LogP contribution in [0.3, 0.4) is 0 Å². The van der Waals surface area contributed by atoms with E-state index in [2.05, 4.69) is 18.7 Å². The number of alkyl halides is 1. The first-order chi connectivity index (χ1) is 9.78. The molecule has 0 spiro atoms. The molecule has 0 aliphatic carbocycles. The molecule has 2 rings (SSSR count). The van der Waals surface area contributed by atoms with Gasteiger partial charge in [-0.15, -0.1) is 11.6 Å². The molecule has 6 heteroatoms. The number of nitrogens with zero attached hydrogens (tertiary/aromatic N) is 2. The fourth-order valence-electron chi connectivity index (χ4n) is 2.78. The lowest BCUT2D eigenvalue weighted by Gasteiger charge is -2.41. The molecule has 0 amide bonds. The smallest absolute Gasteiger partial charge is 0.243 e.